The van der Waals surface area contributed by atoms with Crippen LogP contribution in [0.4, 0.5) is 0 Å². The molecule has 2 aromatic rings. The molecule has 0 radical (unpaired) electrons. The minimum atomic E-state index is 0.104. The third-order valence-electron chi connectivity index (χ3n) is 3.32. The lowest BCUT2D eigenvalue weighted by molar-refractivity contribution is -0.121. The number of carbonyl (C=O) groups is 1. The number of H-pyrrole nitrogens is 1. The zero-order valence-corrected chi connectivity index (χ0v) is 12.3. The Labute approximate surface area is 124 Å². The molecule has 21 heavy (non-hydrogen) atoms. The van der Waals surface area contributed by atoms with Crippen LogP contribution in [0.25, 0.3) is 0 Å². The van der Waals surface area contributed by atoms with E-state index in [1.165, 1.54) is 5.56 Å². The summed E-state index contributed by atoms with van der Waals surface area (Å²) in [7, 11) is 1.66. The zero-order valence-electron chi connectivity index (χ0n) is 12.3. The highest BCUT2D eigenvalue weighted by Crippen LogP contribution is 2.13. The molecule has 5 nitrogen and oxygen atoms in total. The van der Waals surface area contributed by atoms with E-state index in [2.05, 4.69) is 15.5 Å². The maximum absolute atomic E-state index is 11.7. The van der Waals surface area contributed by atoms with Gasteiger partial charge in [-0.2, -0.15) is 5.10 Å². The van der Waals surface area contributed by atoms with Gasteiger partial charge in [0, 0.05) is 19.2 Å². The molecule has 1 aromatic heterocycles. The minimum Gasteiger partial charge on any atom is -0.497 e. The molecule has 0 fully saturated rings. The number of hydrogen-bond acceptors (Lipinski definition) is 3. The van der Waals surface area contributed by atoms with Crippen molar-refractivity contribution in [2.75, 3.05) is 13.7 Å². The molecule has 0 aliphatic rings. The standard InChI is InChI=1S/C16H21N3O2/c1-21-15-7-5-13(6-8-15)3-2-4-16(20)17-10-9-14-11-18-19-12-14/h5-8,11-12H,2-4,9-10H2,1H3,(H,17,20)(H,18,19). The van der Waals surface area contributed by atoms with Gasteiger partial charge in [0.25, 0.3) is 0 Å². The number of benzene rings is 1. The Kier molecular flexibility index (Phi) is 5.82. The molecule has 1 aromatic carbocycles. The average molecular weight is 287 g/mol. The summed E-state index contributed by atoms with van der Waals surface area (Å²) in [5.74, 6) is 0.961. The van der Waals surface area contributed by atoms with Crippen LogP contribution in [-0.4, -0.2) is 29.8 Å². The Morgan fingerprint density at radius 3 is 2.71 bits per heavy atom. The Balaban J connectivity index is 1.60. The molecule has 2 rings (SSSR count). The molecule has 0 saturated carbocycles. The van der Waals surface area contributed by atoms with Crippen LogP contribution in [0, 0.1) is 0 Å². The summed E-state index contributed by atoms with van der Waals surface area (Å²) in [4.78, 5) is 11.7. The Bertz CT molecular complexity index is 535. The van der Waals surface area contributed by atoms with Crippen LogP contribution in [0.5, 0.6) is 5.75 Å². The van der Waals surface area contributed by atoms with Gasteiger partial charge in [-0.05, 0) is 42.5 Å². The van der Waals surface area contributed by atoms with Gasteiger partial charge in [-0.25, -0.2) is 0 Å². The number of amides is 1. The number of aromatic amines is 1. The van der Waals surface area contributed by atoms with E-state index in [1.54, 1.807) is 13.3 Å². The number of methoxy groups -OCH3 is 1. The van der Waals surface area contributed by atoms with E-state index >= 15 is 0 Å². The lowest BCUT2D eigenvalue weighted by atomic mass is 10.1. The number of rotatable bonds is 8. The van der Waals surface area contributed by atoms with Crippen LogP contribution in [0.1, 0.15) is 24.0 Å². The van der Waals surface area contributed by atoms with Crippen molar-refractivity contribution < 1.29 is 9.53 Å². The van der Waals surface area contributed by atoms with Crippen molar-refractivity contribution in [3.05, 3.63) is 47.8 Å². The van der Waals surface area contributed by atoms with Crippen LogP contribution >= 0.6 is 0 Å². The number of nitrogens with one attached hydrogen (secondary N) is 2. The fourth-order valence-corrected chi connectivity index (χ4v) is 2.09. The molecule has 5 heteroatoms. The van der Waals surface area contributed by atoms with Gasteiger partial charge in [-0.15, -0.1) is 0 Å². The lowest BCUT2D eigenvalue weighted by Crippen LogP contribution is -2.25. The Morgan fingerprint density at radius 1 is 1.24 bits per heavy atom. The summed E-state index contributed by atoms with van der Waals surface area (Å²) in [6, 6.07) is 7.96. The van der Waals surface area contributed by atoms with E-state index in [0.717, 1.165) is 30.6 Å². The second-order valence-corrected chi connectivity index (χ2v) is 4.91. The van der Waals surface area contributed by atoms with Crippen molar-refractivity contribution in [1.82, 2.24) is 15.5 Å². The topological polar surface area (TPSA) is 67.0 Å². The van der Waals surface area contributed by atoms with Crippen molar-refractivity contribution in [3.8, 4) is 5.75 Å². The minimum absolute atomic E-state index is 0.104. The molecule has 112 valence electrons. The first-order valence-electron chi connectivity index (χ1n) is 7.15. The van der Waals surface area contributed by atoms with E-state index in [1.807, 2.05) is 30.5 Å². The van der Waals surface area contributed by atoms with Gasteiger partial charge < -0.3 is 10.1 Å². The van der Waals surface area contributed by atoms with E-state index in [9.17, 15) is 4.79 Å². The van der Waals surface area contributed by atoms with Crippen molar-refractivity contribution >= 4 is 5.91 Å². The normalized spacial score (nSPS) is 10.3. The summed E-state index contributed by atoms with van der Waals surface area (Å²) in [6.45, 7) is 0.654. The molecule has 0 bridgehead atoms. The summed E-state index contributed by atoms with van der Waals surface area (Å²) in [5, 5.41) is 9.55. The summed E-state index contributed by atoms with van der Waals surface area (Å²) < 4.78 is 5.12. The average Bonchev–Trinajstić information content (AvgIpc) is 3.01. The quantitative estimate of drug-likeness (QED) is 0.781. The van der Waals surface area contributed by atoms with E-state index in [0.29, 0.717) is 13.0 Å². The van der Waals surface area contributed by atoms with Crippen LogP contribution in [0.15, 0.2) is 36.7 Å². The summed E-state index contributed by atoms with van der Waals surface area (Å²) >= 11 is 0. The Morgan fingerprint density at radius 2 is 2.05 bits per heavy atom. The molecule has 2 N–H and O–H groups in total. The molecule has 0 saturated heterocycles. The fourth-order valence-electron chi connectivity index (χ4n) is 2.09. The number of ether oxygens (including phenoxy) is 1. The molecule has 1 heterocycles. The molecule has 0 spiro atoms. The maximum atomic E-state index is 11.7. The SMILES string of the molecule is COc1ccc(CCCC(=O)NCCc2cn[nH]c2)cc1. The zero-order chi connectivity index (χ0) is 14.9. The smallest absolute Gasteiger partial charge is 0.220 e. The highest BCUT2D eigenvalue weighted by Gasteiger charge is 2.02. The van der Waals surface area contributed by atoms with Gasteiger partial charge in [0.1, 0.15) is 5.75 Å². The van der Waals surface area contributed by atoms with Crippen LogP contribution in [0.2, 0.25) is 0 Å². The first kappa shape index (κ1) is 15.1. The van der Waals surface area contributed by atoms with Gasteiger partial charge in [0.2, 0.25) is 5.91 Å². The molecular weight excluding hydrogens is 266 g/mol. The van der Waals surface area contributed by atoms with Crippen LogP contribution in [-0.2, 0) is 17.6 Å². The molecule has 0 aliphatic carbocycles. The van der Waals surface area contributed by atoms with Crippen molar-refractivity contribution in [2.24, 2.45) is 0 Å². The van der Waals surface area contributed by atoms with E-state index < -0.39 is 0 Å². The largest absolute Gasteiger partial charge is 0.497 e. The van der Waals surface area contributed by atoms with Crippen molar-refractivity contribution in [3.63, 3.8) is 0 Å². The number of aryl methyl sites for hydroxylation is 1. The predicted molar refractivity (Wildman–Crippen MR) is 81.2 cm³/mol. The summed E-state index contributed by atoms with van der Waals surface area (Å²) in [6.07, 6.45) is 6.73. The summed E-state index contributed by atoms with van der Waals surface area (Å²) in [5.41, 5.74) is 2.33. The Hall–Kier alpha value is -2.30. The van der Waals surface area contributed by atoms with Gasteiger partial charge in [-0.3, -0.25) is 9.89 Å². The van der Waals surface area contributed by atoms with Crippen LogP contribution in [0.3, 0.4) is 0 Å². The number of carbonyl (C=O) groups excluding carboxylic acids is 1. The van der Waals surface area contributed by atoms with E-state index in [-0.39, 0.29) is 5.91 Å². The maximum Gasteiger partial charge on any atom is 0.220 e. The molecule has 0 atom stereocenters. The molecule has 0 unspecified atom stereocenters. The molecule has 1 amide bonds. The van der Waals surface area contributed by atoms with Crippen molar-refractivity contribution in [1.29, 1.82) is 0 Å². The highest BCUT2D eigenvalue weighted by atomic mass is 16.5. The number of hydrogen-bond donors (Lipinski definition) is 2. The van der Waals surface area contributed by atoms with Gasteiger partial charge in [0.05, 0.1) is 13.3 Å². The second-order valence-electron chi connectivity index (χ2n) is 4.91. The van der Waals surface area contributed by atoms with Crippen molar-refractivity contribution in [2.45, 2.75) is 25.7 Å². The van der Waals surface area contributed by atoms with Gasteiger partial charge in [0.15, 0.2) is 0 Å². The highest BCUT2D eigenvalue weighted by molar-refractivity contribution is 5.75. The van der Waals surface area contributed by atoms with Crippen LogP contribution < -0.4 is 10.1 Å². The third kappa shape index (κ3) is 5.30. The first-order chi connectivity index (χ1) is 10.3. The lowest BCUT2D eigenvalue weighted by Gasteiger charge is -2.05. The first-order valence-corrected chi connectivity index (χ1v) is 7.15. The number of nitrogens with zero attached hydrogens (tertiary/aromatic N) is 1. The third-order valence-corrected chi connectivity index (χ3v) is 3.32. The molecular formula is C16H21N3O2. The van der Waals surface area contributed by atoms with Gasteiger partial charge >= 0.3 is 0 Å². The number of aromatic nitrogens is 2. The predicted octanol–water partition coefficient (Wildman–Crippen LogP) is 2.10. The second kappa shape index (κ2) is 8.09. The fraction of sp³-hybridized carbons (Fsp3) is 0.375. The molecule has 0 aliphatic heterocycles. The monoisotopic (exact) mass is 287 g/mol. The van der Waals surface area contributed by atoms with Gasteiger partial charge in [-0.1, -0.05) is 12.1 Å². The van der Waals surface area contributed by atoms with E-state index in [4.69, 9.17) is 4.74 Å².